The summed E-state index contributed by atoms with van der Waals surface area (Å²) in [7, 11) is 0. The van der Waals surface area contributed by atoms with Crippen molar-refractivity contribution >= 4 is 43.1 Å². The number of aromatic hydroxyl groups is 1. The lowest BCUT2D eigenvalue weighted by molar-refractivity contribution is -0.144. The van der Waals surface area contributed by atoms with Crippen LogP contribution in [0, 0.1) is 0 Å². The molecule has 0 spiro atoms. The lowest BCUT2D eigenvalue weighted by atomic mass is 10.0. The van der Waals surface area contributed by atoms with E-state index in [1.807, 2.05) is 0 Å². The van der Waals surface area contributed by atoms with Gasteiger partial charge in [0.25, 0.3) is 0 Å². The molecule has 1 heterocycles. The molecule has 0 radical (unpaired) electrons. The van der Waals surface area contributed by atoms with Crippen molar-refractivity contribution in [2.45, 2.75) is 18.5 Å². The molecular weight excluding hydrogens is 435 g/mol. The van der Waals surface area contributed by atoms with Crippen LogP contribution in [0.3, 0.4) is 0 Å². The Morgan fingerprint density at radius 2 is 1.26 bits per heavy atom. The van der Waals surface area contributed by atoms with Crippen molar-refractivity contribution in [2.75, 3.05) is 0 Å². The van der Waals surface area contributed by atoms with E-state index in [1.54, 1.807) is 0 Å². The maximum atomic E-state index is 13.3. The van der Waals surface area contributed by atoms with Crippen LogP contribution in [0.15, 0.2) is 18.2 Å². The first-order chi connectivity index (χ1) is 12.1. The molecule has 1 aromatic heterocycles. The zero-order chi connectivity index (χ0) is 20.5. The van der Waals surface area contributed by atoms with Crippen molar-refractivity contribution in [1.82, 2.24) is 0 Å². The lowest BCUT2D eigenvalue weighted by Gasteiger charge is -2.16. The van der Waals surface area contributed by atoms with Crippen molar-refractivity contribution in [1.29, 1.82) is 0 Å². The van der Waals surface area contributed by atoms with Gasteiger partial charge >= 0.3 is 18.5 Å². The minimum atomic E-state index is -5.37. The van der Waals surface area contributed by atoms with E-state index >= 15 is 0 Å². The van der Waals surface area contributed by atoms with Crippen molar-refractivity contribution in [2.24, 2.45) is 0 Å². The van der Waals surface area contributed by atoms with Gasteiger partial charge in [0.2, 0.25) is 0 Å². The number of benzene rings is 2. The number of phenols is 1. The number of hydrogen-bond donors (Lipinski definition) is 1. The maximum absolute atomic E-state index is 13.3. The standard InChI is InChI=1S/C15H4ClF9OS/c16-8-3-9-4(1-6(8)13(17,18)19)5-2-7(14(20,21)22)11(26)10(12(5)27-9)15(23,24)25/h1-3,26H. The molecule has 0 atom stereocenters. The van der Waals surface area contributed by atoms with Gasteiger partial charge in [-0.25, -0.2) is 0 Å². The Labute approximate surface area is 152 Å². The van der Waals surface area contributed by atoms with E-state index in [4.69, 9.17) is 11.6 Å². The quantitative estimate of drug-likeness (QED) is 0.361. The molecule has 0 amide bonds. The second-order valence-corrected chi connectivity index (χ2v) is 6.91. The Kier molecular flexibility index (Phi) is 4.27. The molecular formula is C15H4ClF9OS. The van der Waals surface area contributed by atoms with Gasteiger partial charge < -0.3 is 5.11 Å². The largest absolute Gasteiger partial charge is 0.507 e. The topological polar surface area (TPSA) is 20.2 Å². The molecule has 0 unspecified atom stereocenters. The molecule has 3 rings (SSSR count). The fourth-order valence-corrected chi connectivity index (χ4v) is 4.22. The molecule has 1 nitrogen and oxygen atoms in total. The summed E-state index contributed by atoms with van der Waals surface area (Å²) in [4.78, 5) is 0. The molecule has 0 aliphatic heterocycles. The van der Waals surface area contributed by atoms with Crippen LogP contribution in [0.1, 0.15) is 16.7 Å². The van der Waals surface area contributed by atoms with Gasteiger partial charge in [-0.2, -0.15) is 39.5 Å². The summed E-state index contributed by atoms with van der Waals surface area (Å²) in [6.45, 7) is 0. The minimum absolute atomic E-state index is 0.188. The van der Waals surface area contributed by atoms with Crippen LogP contribution in [0.2, 0.25) is 5.02 Å². The number of thiophene rings is 1. The third-order valence-corrected chi connectivity index (χ3v) is 5.22. The summed E-state index contributed by atoms with van der Waals surface area (Å²) in [5.74, 6) is -2.03. The monoisotopic (exact) mass is 438 g/mol. The van der Waals surface area contributed by atoms with Crippen LogP contribution in [-0.4, -0.2) is 5.11 Å². The molecule has 0 aliphatic carbocycles. The summed E-state index contributed by atoms with van der Waals surface area (Å²) in [6, 6.07) is 1.33. The van der Waals surface area contributed by atoms with Gasteiger partial charge in [-0.05, 0) is 18.2 Å². The Bertz CT molecular complexity index is 1060. The first-order valence-corrected chi connectivity index (χ1v) is 7.95. The molecule has 0 saturated carbocycles. The van der Waals surface area contributed by atoms with Crippen LogP contribution in [-0.2, 0) is 18.5 Å². The predicted octanol–water partition coefficient (Wildman–Crippen LogP) is 7.47. The molecule has 3 aromatic rings. The number of halogens is 10. The van der Waals surface area contributed by atoms with E-state index in [2.05, 4.69) is 0 Å². The average Bonchev–Trinajstić information content (AvgIpc) is 2.78. The van der Waals surface area contributed by atoms with Gasteiger partial charge in [-0.1, -0.05) is 11.6 Å². The number of hydrogen-bond acceptors (Lipinski definition) is 2. The first kappa shape index (κ1) is 19.9. The minimum Gasteiger partial charge on any atom is -0.507 e. The van der Waals surface area contributed by atoms with Crippen molar-refractivity contribution < 1.29 is 44.6 Å². The zero-order valence-electron chi connectivity index (χ0n) is 12.4. The normalized spacial score (nSPS) is 13.7. The van der Waals surface area contributed by atoms with Crippen LogP contribution in [0.4, 0.5) is 39.5 Å². The first-order valence-electron chi connectivity index (χ1n) is 6.75. The molecule has 1 N–H and O–H groups in total. The van der Waals surface area contributed by atoms with Crippen LogP contribution in [0.25, 0.3) is 20.2 Å². The van der Waals surface area contributed by atoms with Crippen molar-refractivity contribution in [3.8, 4) is 5.75 Å². The van der Waals surface area contributed by atoms with Gasteiger partial charge in [0.15, 0.2) is 0 Å². The molecule has 0 saturated heterocycles. The Balaban J connectivity index is 2.55. The number of phenolic OH excluding ortho intramolecular Hbond substituents is 1. The molecule has 0 bridgehead atoms. The fourth-order valence-electron chi connectivity index (χ4n) is 2.62. The molecule has 27 heavy (non-hydrogen) atoms. The van der Waals surface area contributed by atoms with E-state index in [0.717, 1.165) is 6.07 Å². The predicted molar refractivity (Wildman–Crippen MR) is 81.0 cm³/mol. The fraction of sp³-hybridized carbons (Fsp3) is 0.200. The van der Waals surface area contributed by atoms with Crippen LogP contribution >= 0.6 is 22.9 Å². The van der Waals surface area contributed by atoms with Gasteiger partial charge in [-0.3, -0.25) is 0 Å². The number of fused-ring (bicyclic) bond motifs is 3. The molecule has 2 aromatic carbocycles. The van der Waals surface area contributed by atoms with E-state index in [0.29, 0.717) is 6.07 Å². The highest BCUT2D eigenvalue weighted by Gasteiger charge is 2.44. The van der Waals surface area contributed by atoms with E-state index < -0.39 is 61.5 Å². The molecule has 12 heteroatoms. The Morgan fingerprint density at radius 1 is 0.741 bits per heavy atom. The third kappa shape index (κ3) is 3.27. The number of alkyl halides is 9. The van der Waals surface area contributed by atoms with Gasteiger partial charge in [0.05, 0.1) is 20.8 Å². The van der Waals surface area contributed by atoms with E-state index in [-0.39, 0.29) is 22.1 Å². The number of rotatable bonds is 0. The van der Waals surface area contributed by atoms with Crippen LogP contribution < -0.4 is 0 Å². The second kappa shape index (κ2) is 5.81. The van der Waals surface area contributed by atoms with Crippen molar-refractivity contribution in [3.05, 3.63) is 39.9 Å². The third-order valence-electron chi connectivity index (χ3n) is 3.72. The molecule has 0 aliphatic rings. The Hall–Kier alpha value is -1.88. The summed E-state index contributed by atoms with van der Waals surface area (Å²) in [5.41, 5.74) is -5.35. The maximum Gasteiger partial charge on any atom is 0.421 e. The Morgan fingerprint density at radius 3 is 1.74 bits per heavy atom. The lowest BCUT2D eigenvalue weighted by Crippen LogP contribution is -2.11. The second-order valence-electron chi connectivity index (χ2n) is 5.45. The zero-order valence-corrected chi connectivity index (χ0v) is 13.9. The SMILES string of the molecule is Oc1c(C(F)(F)F)cc2c(sc3cc(Cl)c(C(F)(F)F)cc32)c1C(F)(F)F. The van der Waals surface area contributed by atoms with E-state index in [1.165, 1.54) is 0 Å². The summed E-state index contributed by atoms with van der Waals surface area (Å²) in [5, 5.41) is 7.58. The highest BCUT2D eigenvalue weighted by Crippen LogP contribution is 2.52. The van der Waals surface area contributed by atoms with Gasteiger partial charge in [0, 0.05) is 15.5 Å². The smallest absolute Gasteiger partial charge is 0.421 e. The van der Waals surface area contributed by atoms with Crippen molar-refractivity contribution in [3.63, 3.8) is 0 Å². The average molecular weight is 439 g/mol. The molecule has 0 fully saturated rings. The molecule has 146 valence electrons. The van der Waals surface area contributed by atoms with Gasteiger partial charge in [0.1, 0.15) is 11.3 Å². The highest BCUT2D eigenvalue weighted by atomic mass is 35.5. The highest BCUT2D eigenvalue weighted by molar-refractivity contribution is 7.26. The summed E-state index contributed by atoms with van der Waals surface area (Å²) in [6.07, 6.45) is -15.7. The van der Waals surface area contributed by atoms with E-state index in [9.17, 15) is 44.6 Å². The summed E-state index contributed by atoms with van der Waals surface area (Å²) >= 11 is 5.80. The van der Waals surface area contributed by atoms with Crippen LogP contribution in [0.5, 0.6) is 5.75 Å². The summed E-state index contributed by atoms with van der Waals surface area (Å²) < 4.78 is 117. The van der Waals surface area contributed by atoms with Gasteiger partial charge in [-0.15, -0.1) is 11.3 Å².